The molecule has 3 heteroatoms. The van der Waals surface area contributed by atoms with E-state index in [-0.39, 0.29) is 0 Å². The molecule has 0 bridgehead atoms. The van der Waals surface area contributed by atoms with Gasteiger partial charge in [-0.15, -0.1) is 0 Å². The third-order valence-electron chi connectivity index (χ3n) is 6.69. The zero-order valence-corrected chi connectivity index (χ0v) is 22.7. The summed E-state index contributed by atoms with van der Waals surface area (Å²) in [7, 11) is 0. The molecule has 3 nitrogen and oxygen atoms in total. The summed E-state index contributed by atoms with van der Waals surface area (Å²) in [6.45, 7) is 7.64. The summed E-state index contributed by atoms with van der Waals surface area (Å²) in [5, 5.41) is 0. The van der Waals surface area contributed by atoms with Gasteiger partial charge in [0.15, 0.2) is 0 Å². The first-order valence-electron chi connectivity index (χ1n) is 13.2. The predicted octanol–water partition coefficient (Wildman–Crippen LogP) is 9.70. The number of anilines is 3. The first-order valence-corrected chi connectivity index (χ1v) is 13.2. The van der Waals surface area contributed by atoms with Crippen LogP contribution in [0, 0.1) is 13.8 Å². The normalized spacial score (nSPS) is 10.8. The second kappa shape index (κ2) is 12.1. The van der Waals surface area contributed by atoms with Gasteiger partial charge in [-0.1, -0.05) is 103 Å². The minimum Gasteiger partial charge on any atom is -0.423 e. The number of ether oxygens (including phenoxy) is 1. The lowest BCUT2D eigenvalue weighted by molar-refractivity contribution is -0.128. The van der Waals surface area contributed by atoms with E-state index in [4.69, 9.17) is 4.74 Å². The first kappa shape index (κ1) is 26.5. The molecule has 0 aliphatic rings. The van der Waals surface area contributed by atoms with E-state index in [2.05, 4.69) is 135 Å². The van der Waals surface area contributed by atoms with Crippen molar-refractivity contribution >= 4 is 35.2 Å². The van der Waals surface area contributed by atoms with Gasteiger partial charge < -0.3 is 9.64 Å². The molecule has 40 heavy (non-hydrogen) atoms. The highest BCUT2D eigenvalue weighted by atomic mass is 16.5. The Balaban J connectivity index is 1.30. The quantitative estimate of drug-likeness (QED) is 0.0881. The molecule has 0 spiro atoms. The van der Waals surface area contributed by atoms with Crippen molar-refractivity contribution in [3.8, 4) is 16.9 Å². The Morgan fingerprint density at radius 3 is 1.38 bits per heavy atom. The lowest BCUT2D eigenvalue weighted by Gasteiger charge is -2.25. The largest absolute Gasteiger partial charge is 0.423 e. The molecule has 0 unspecified atom stereocenters. The first-order chi connectivity index (χ1) is 19.5. The summed E-state index contributed by atoms with van der Waals surface area (Å²) >= 11 is 0. The van der Waals surface area contributed by atoms with Gasteiger partial charge in [-0.05, 0) is 84.6 Å². The summed E-state index contributed by atoms with van der Waals surface area (Å²) in [5.41, 5.74) is 10.2. The van der Waals surface area contributed by atoms with Crippen molar-refractivity contribution in [1.29, 1.82) is 0 Å². The summed E-state index contributed by atoms with van der Waals surface area (Å²) in [6, 6.07) is 41.7. The highest BCUT2D eigenvalue weighted by molar-refractivity contribution is 5.83. The maximum Gasteiger partial charge on any atom is 0.335 e. The smallest absolute Gasteiger partial charge is 0.335 e. The lowest BCUT2D eigenvalue weighted by Crippen LogP contribution is -2.09. The molecule has 0 aliphatic carbocycles. The number of hydrogen-bond donors (Lipinski definition) is 0. The topological polar surface area (TPSA) is 29.5 Å². The van der Waals surface area contributed by atoms with E-state index in [1.807, 2.05) is 12.1 Å². The minimum atomic E-state index is -0.464. The lowest BCUT2D eigenvalue weighted by atomic mass is 10.0. The summed E-state index contributed by atoms with van der Waals surface area (Å²) < 4.78 is 5.15. The van der Waals surface area contributed by atoms with E-state index in [1.54, 1.807) is 12.1 Å². The van der Waals surface area contributed by atoms with Gasteiger partial charge in [0.2, 0.25) is 0 Å². The number of carbonyl (C=O) groups excluding carboxylic acids is 1. The van der Waals surface area contributed by atoms with E-state index in [0.29, 0.717) is 5.75 Å². The molecule has 0 fully saturated rings. The maximum atomic E-state index is 11.4. The van der Waals surface area contributed by atoms with Crippen LogP contribution in [0.2, 0.25) is 0 Å². The Hall–Kier alpha value is -5.15. The van der Waals surface area contributed by atoms with Crippen LogP contribution in [0.4, 0.5) is 17.1 Å². The van der Waals surface area contributed by atoms with Crippen molar-refractivity contribution in [3.05, 3.63) is 156 Å². The van der Waals surface area contributed by atoms with Crippen LogP contribution in [0.15, 0.2) is 134 Å². The Bertz CT molecular complexity index is 1570. The van der Waals surface area contributed by atoms with Gasteiger partial charge in [0.1, 0.15) is 5.75 Å². The molecule has 0 aliphatic heterocycles. The second-order valence-electron chi connectivity index (χ2n) is 9.70. The van der Waals surface area contributed by atoms with Gasteiger partial charge in [-0.2, -0.15) is 0 Å². The number of aryl methyl sites for hydroxylation is 2. The second-order valence-corrected chi connectivity index (χ2v) is 9.70. The van der Waals surface area contributed by atoms with Crippen LogP contribution in [0.3, 0.4) is 0 Å². The standard InChI is InChI=1S/C37H31NO2/c1-4-37(39)40-36-25-17-32(18-26-36)31-15-11-29(12-16-31)9-10-30-13-23-35(24-14-30)38(33-19-5-27(2)6-20-33)34-21-7-28(3)8-22-34/h4-26H,1H2,2-3H3/b10-9+. The molecule has 0 radical (unpaired) electrons. The minimum absolute atomic E-state index is 0.464. The Morgan fingerprint density at radius 2 is 0.950 bits per heavy atom. The molecule has 0 heterocycles. The fourth-order valence-corrected chi connectivity index (χ4v) is 4.42. The molecule has 0 amide bonds. The molecular weight excluding hydrogens is 490 g/mol. The molecule has 5 aromatic rings. The zero-order chi connectivity index (χ0) is 27.9. The average molecular weight is 522 g/mol. The van der Waals surface area contributed by atoms with E-state index in [9.17, 15) is 4.79 Å². The number of benzene rings is 5. The molecule has 0 N–H and O–H groups in total. The molecular formula is C37H31NO2. The molecule has 196 valence electrons. The number of hydrogen-bond acceptors (Lipinski definition) is 3. The number of carbonyl (C=O) groups is 1. The van der Waals surface area contributed by atoms with Crippen molar-refractivity contribution in [3.63, 3.8) is 0 Å². The highest BCUT2D eigenvalue weighted by Crippen LogP contribution is 2.35. The van der Waals surface area contributed by atoms with Crippen LogP contribution in [0.1, 0.15) is 22.3 Å². The summed E-state index contributed by atoms with van der Waals surface area (Å²) in [4.78, 5) is 13.7. The van der Waals surface area contributed by atoms with E-state index in [1.165, 1.54) is 11.1 Å². The SMILES string of the molecule is C=CC(=O)Oc1ccc(-c2ccc(/C=C/c3ccc(N(c4ccc(C)cc4)c4ccc(C)cc4)cc3)cc2)cc1. The molecule has 0 saturated heterocycles. The van der Waals surface area contributed by atoms with Crippen LogP contribution < -0.4 is 9.64 Å². The van der Waals surface area contributed by atoms with Crippen molar-refractivity contribution in [2.24, 2.45) is 0 Å². The third-order valence-corrected chi connectivity index (χ3v) is 6.69. The van der Waals surface area contributed by atoms with Gasteiger partial charge >= 0.3 is 5.97 Å². The summed E-state index contributed by atoms with van der Waals surface area (Å²) in [6.07, 6.45) is 5.40. The van der Waals surface area contributed by atoms with Crippen molar-refractivity contribution in [1.82, 2.24) is 0 Å². The van der Waals surface area contributed by atoms with E-state index >= 15 is 0 Å². The monoisotopic (exact) mass is 521 g/mol. The molecule has 0 atom stereocenters. The van der Waals surface area contributed by atoms with Crippen LogP contribution in [-0.4, -0.2) is 5.97 Å². The number of esters is 1. The van der Waals surface area contributed by atoms with Gasteiger partial charge in [0, 0.05) is 23.1 Å². The number of rotatable bonds is 8. The van der Waals surface area contributed by atoms with Gasteiger partial charge in [0.05, 0.1) is 0 Å². The molecule has 0 aromatic heterocycles. The Morgan fingerprint density at radius 1 is 0.575 bits per heavy atom. The van der Waals surface area contributed by atoms with Gasteiger partial charge in [-0.3, -0.25) is 0 Å². The van der Waals surface area contributed by atoms with Crippen LogP contribution >= 0.6 is 0 Å². The van der Waals surface area contributed by atoms with Gasteiger partial charge in [-0.25, -0.2) is 4.79 Å². The highest BCUT2D eigenvalue weighted by Gasteiger charge is 2.12. The molecule has 0 saturated carbocycles. The van der Waals surface area contributed by atoms with Crippen molar-refractivity contribution in [2.75, 3.05) is 4.90 Å². The predicted molar refractivity (Wildman–Crippen MR) is 167 cm³/mol. The van der Waals surface area contributed by atoms with Crippen molar-refractivity contribution < 1.29 is 9.53 Å². The van der Waals surface area contributed by atoms with Crippen LogP contribution in [0.25, 0.3) is 23.3 Å². The summed E-state index contributed by atoms with van der Waals surface area (Å²) in [5.74, 6) is 0.0356. The fourth-order valence-electron chi connectivity index (χ4n) is 4.42. The Labute approximate surface area is 236 Å². The van der Waals surface area contributed by atoms with Crippen molar-refractivity contribution in [2.45, 2.75) is 13.8 Å². The zero-order valence-electron chi connectivity index (χ0n) is 22.7. The average Bonchev–Trinajstić information content (AvgIpc) is 2.99. The maximum absolute atomic E-state index is 11.4. The van der Waals surface area contributed by atoms with Gasteiger partial charge in [0.25, 0.3) is 0 Å². The molecule has 5 aromatic carbocycles. The van der Waals surface area contributed by atoms with E-state index in [0.717, 1.165) is 45.4 Å². The third kappa shape index (κ3) is 6.46. The van der Waals surface area contributed by atoms with E-state index < -0.39 is 5.97 Å². The van der Waals surface area contributed by atoms with Crippen LogP contribution in [0.5, 0.6) is 5.75 Å². The molecule has 5 rings (SSSR count). The number of nitrogens with zero attached hydrogens (tertiary/aromatic N) is 1. The van der Waals surface area contributed by atoms with Crippen LogP contribution in [-0.2, 0) is 4.79 Å². The Kier molecular flexibility index (Phi) is 8.03. The fraction of sp³-hybridized carbons (Fsp3) is 0.0541.